The Morgan fingerprint density at radius 1 is 0.848 bits per heavy atom. The standard InChI is InChI=1S/C19H39N5O9/c20-1-2-24-4-8(6-25)30-12(5-24)32-18-14(27)9(21)3-10(22)17(18)33-19-13(23)16(29)15(28)11(7-26)31-19/h8-19,25-29H,1-7,20-23H2/t8?,9-,10+,11-,12?,13-,14+,15-,16-,17-,18-,19-/m1/s1. The Hall–Kier alpha value is -0.560. The van der Waals surface area contributed by atoms with E-state index in [2.05, 4.69) is 0 Å². The lowest BCUT2D eigenvalue weighted by molar-refractivity contribution is -0.315. The summed E-state index contributed by atoms with van der Waals surface area (Å²) in [5.74, 6) is 0. The maximum absolute atomic E-state index is 10.8. The molecule has 0 spiro atoms. The van der Waals surface area contributed by atoms with Crippen molar-refractivity contribution in [1.29, 1.82) is 0 Å². The fourth-order valence-electron chi connectivity index (χ4n) is 4.58. The van der Waals surface area contributed by atoms with Gasteiger partial charge >= 0.3 is 0 Å². The van der Waals surface area contributed by atoms with Gasteiger partial charge in [0.25, 0.3) is 0 Å². The molecule has 1 saturated carbocycles. The van der Waals surface area contributed by atoms with Crippen molar-refractivity contribution in [2.45, 2.75) is 79.9 Å². The largest absolute Gasteiger partial charge is 0.394 e. The van der Waals surface area contributed by atoms with Crippen molar-refractivity contribution < 1.29 is 44.5 Å². The molecule has 14 nitrogen and oxygen atoms in total. The molecular weight excluding hydrogens is 442 g/mol. The molecule has 13 N–H and O–H groups in total. The van der Waals surface area contributed by atoms with Crippen LogP contribution in [0.3, 0.4) is 0 Å². The van der Waals surface area contributed by atoms with Gasteiger partial charge in [-0.1, -0.05) is 0 Å². The maximum atomic E-state index is 10.8. The molecule has 194 valence electrons. The summed E-state index contributed by atoms with van der Waals surface area (Å²) in [5, 5.41) is 50.1. The minimum absolute atomic E-state index is 0.215. The molecule has 12 atom stereocenters. The first-order chi connectivity index (χ1) is 15.7. The van der Waals surface area contributed by atoms with Gasteiger partial charge in [0.1, 0.15) is 30.5 Å². The predicted molar refractivity (Wildman–Crippen MR) is 113 cm³/mol. The van der Waals surface area contributed by atoms with Gasteiger partial charge in [0, 0.05) is 38.3 Å². The highest BCUT2D eigenvalue weighted by atomic mass is 16.7. The van der Waals surface area contributed by atoms with Gasteiger partial charge in [0.2, 0.25) is 0 Å². The van der Waals surface area contributed by atoms with Crippen molar-refractivity contribution in [2.75, 3.05) is 39.4 Å². The zero-order valence-corrected chi connectivity index (χ0v) is 18.5. The lowest BCUT2D eigenvalue weighted by Crippen LogP contribution is -2.68. The van der Waals surface area contributed by atoms with Gasteiger partial charge in [-0.25, -0.2) is 0 Å². The smallest absolute Gasteiger partial charge is 0.176 e. The summed E-state index contributed by atoms with van der Waals surface area (Å²) in [6, 6.07) is -2.52. The zero-order valence-electron chi connectivity index (χ0n) is 18.5. The van der Waals surface area contributed by atoms with Crippen LogP contribution < -0.4 is 22.9 Å². The van der Waals surface area contributed by atoms with Crippen LogP contribution in [0.4, 0.5) is 0 Å². The summed E-state index contributed by atoms with van der Waals surface area (Å²) < 4.78 is 23.4. The summed E-state index contributed by atoms with van der Waals surface area (Å²) in [5.41, 5.74) is 24.0. The Balaban J connectivity index is 1.76. The molecule has 1 aliphatic carbocycles. The van der Waals surface area contributed by atoms with E-state index in [9.17, 15) is 25.5 Å². The molecular formula is C19H39N5O9. The topological polar surface area (TPSA) is 245 Å². The van der Waals surface area contributed by atoms with Crippen molar-refractivity contribution in [2.24, 2.45) is 22.9 Å². The Morgan fingerprint density at radius 2 is 1.58 bits per heavy atom. The first-order valence-corrected chi connectivity index (χ1v) is 11.3. The third-order valence-electron chi connectivity index (χ3n) is 6.46. The number of aliphatic hydroxyl groups excluding tert-OH is 5. The van der Waals surface area contributed by atoms with E-state index in [1.807, 2.05) is 4.90 Å². The van der Waals surface area contributed by atoms with Crippen LogP contribution in [0.2, 0.25) is 0 Å². The van der Waals surface area contributed by atoms with Crippen molar-refractivity contribution in [3.8, 4) is 0 Å². The van der Waals surface area contributed by atoms with Crippen molar-refractivity contribution in [3.05, 3.63) is 0 Å². The van der Waals surface area contributed by atoms with Crippen LogP contribution in [0.1, 0.15) is 6.42 Å². The number of morpholine rings is 1. The number of aliphatic hydroxyl groups is 5. The molecule has 33 heavy (non-hydrogen) atoms. The van der Waals surface area contributed by atoms with Gasteiger partial charge < -0.3 is 67.4 Å². The van der Waals surface area contributed by atoms with E-state index in [0.29, 0.717) is 26.2 Å². The lowest BCUT2D eigenvalue weighted by Gasteiger charge is -2.48. The van der Waals surface area contributed by atoms with E-state index in [1.54, 1.807) is 0 Å². The highest BCUT2D eigenvalue weighted by Crippen LogP contribution is 2.30. The minimum Gasteiger partial charge on any atom is -0.394 e. The Morgan fingerprint density at radius 3 is 2.21 bits per heavy atom. The van der Waals surface area contributed by atoms with E-state index in [-0.39, 0.29) is 13.0 Å². The highest BCUT2D eigenvalue weighted by molar-refractivity contribution is 5.00. The van der Waals surface area contributed by atoms with Crippen LogP contribution in [0.5, 0.6) is 0 Å². The molecule has 2 heterocycles. The van der Waals surface area contributed by atoms with E-state index >= 15 is 0 Å². The molecule has 0 radical (unpaired) electrons. The Bertz CT molecular complexity index is 608. The number of rotatable bonds is 8. The van der Waals surface area contributed by atoms with E-state index < -0.39 is 80.0 Å². The second-order valence-corrected chi connectivity index (χ2v) is 8.96. The number of ether oxygens (including phenoxy) is 4. The third-order valence-corrected chi connectivity index (χ3v) is 6.46. The Kier molecular flexibility index (Phi) is 9.76. The van der Waals surface area contributed by atoms with Crippen LogP contribution >= 0.6 is 0 Å². The quantitative estimate of drug-likeness (QED) is 0.157. The van der Waals surface area contributed by atoms with Crippen LogP contribution in [-0.2, 0) is 18.9 Å². The summed E-state index contributed by atoms with van der Waals surface area (Å²) in [6.45, 7) is 1.01. The molecule has 2 saturated heterocycles. The molecule has 3 fully saturated rings. The molecule has 0 aromatic carbocycles. The van der Waals surface area contributed by atoms with Crippen molar-refractivity contribution >= 4 is 0 Å². The molecule has 2 unspecified atom stereocenters. The summed E-state index contributed by atoms with van der Waals surface area (Å²) >= 11 is 0. The normalized spacial score (nSPS) is 47.5. The molecule has 2 aliphatic heterocycles. The molecule has 14 heteroatoms. The molecule has 0 bridgehead atoms. The SMILES string of the molecule is NCCN1CC(CO)OC(O[C@@H]2[C@@H](O)[C@H](N)C[C@H](N)[C@H]2O[C@H]2O[C@H](CO)[C@@H](O)[C@H](O)[C@H]2N)C1. The second kappa shape index (κ2) is 11.9. The fourth-order valence-corrected chi connectivity index (χ4v) is 4.58. The van der Waals surface area contributed by atoms with Gasteiger partial charge in [-0.15, -0.1) is 0 Å². The van der Waals surface area contributed by atoms with Gasteiger partial charge in [-0.3, -0.25) is 4.90 Å². The van der Waals surface area contributed by atoms with Gasteiger partial charge in [-0.2, -0.15) is 0 Å². The highest BCUT2D eigenvalue weighted by Gasteiger charge is 2.50. The number of nitrogens with zero attached hydrogens (tertiary/aromatic N) is 1. The van der Waals surface area contributed by atoms with Crippen LogP contribution in [0.15, 0.2) is 0 Å². The van der Waals surface area contributed by atoms with Crippen LogP contribution in [-0.4, -0.2) is 143 Å². The molecule has 0 aromatic heterocycles. The van der Waals surface area contributed by atoms with Crippen LogP contribution in [0.25, 0.3) is 0 Å². The van der Waals surface area contributed by atoms with Crippen molar-refractivity contribution in [1.82, 2.24) is 4.90 Å². The first kappa shape index (κ1) is 27.0. The fraction of sp³-hybridized carbons (Fsp3) is 1.00. The summed E-state index contributed by atoms with van der Waals surface area (Å²) in [7, 11) is 0. The molecule has 3 rings (SSSR count). The maximum Gasteiger partial charge on any atom is 0.176 e. The van der Waals surface area contributed by atoms with E-state index in [0.717, 1.165) is 0 Å². The van der Waals surface area contributed by atoms with E-state index in [4.69, 9.17) is 41.9 Å². The summed E-state index contributed by atoms with van der Waals surface area (Å²) in [6.07, 6.45) is -9.45. The molecule has 0 aromatic rings. The van der Waals surface area contributed by atoms with Gasteiger partial charge in [-0.05, 0) is 6.42 Å². The average molecular weight is 482 g/mol. The monoisotopic (exact) mass is 481 g/mol. The van der Waals surface area contributed by atoms with Gasteiger partial charge in [0.15, 0.2) is 12.6 Å². The molecule has 0 amide bonds. The lowest BCUT2D eigenvalue weighted by atomic mass is 9.84. The third kappa shape index (κ3) is 6.17. The Labute approximate surface area is 192 Å². The first-order valence-electron chi connectivity index (χ1n) is 11.3. The minimum atomic E-state index is -1.41. The number of nitrogens with two attached hydrogens (primary N) is 4. The second-order valence-electron chi connectivity index (χ2n) is 8.96. The summed E-state index contributed by atoms with van der Waals surface area (Å²) in [4.78, 5) is 1.98. The van der Waals surface area contributed by atoms with Gasteiger partial charge in [0.05, 0.1) is 31.5 Å². The van der Waals surface area contributed by atoms with E-state index in [1.165, 1.54) is 0 Å². The predicted octanol–water partition coefficient (Wildman–Crippen LogP) is -6.08. The molecule has 3 aliphatic rings. The van der Waals surface area contributed by atoms with Crippen molar-refractivity contribution in [3.63, 3.8) is 0 Å². The van der Waals surface area contributed by atoms with Crippen LogP contribution in [0, 0.1) is 0 Å². The number of hydrogen-bond acceptors (Lipinski definition) is 14. The number of hydrogen-bond donors (Lipinski definition) is 9. The average Bonchev–Trinajstić information content (AvgIpc) is 2.79. The zero-order chi connectivity index (χ0) is 24.3.